The highest BCUT2D eigenvalue weighted by molar-refractivity contribution is 5.72. The molecule has 0 spiro atoms. The molecule has 3 heterocycles. The molecule has 0 fully saturated rings. The fourth-order valence-electron chi connectivity index (χ4n) is 2.37. The van der Waals surface area contributed by atoms with Crippen LogP contribution in [-0.2, 0) is 13.6 Å². The van der Waals surface area contributed by atoms with Gasteiger partial charge in [0, 0.05) is 13.6 Å². The molecule has 0 N–H and O–H groups in total. The minimum atomic E-state index is -0.0912. The zero-order chi connectivity index (χ0) is 15.0. The second kappa shape index (κ2) is 5.17. The second-order valence-electron chi connectivity index (χ2n) is 5.20. The van der Waals surface area contributed by atoms with Crippen molar-refractivity contribution in [3.8, 4) is 0 Å². The van der Waals surface area contributed by atoms with E-state index in [1.54, 1.807) is 35.1 Å². The molecule has 0 aliphatic heterocycles. The van der Waals surface area contributed by atoms with Crippen molar-refractivity contribution < 1.29 is 4.42 Å². The summed E-state index contributed by atoms with van der Waals surface area (Å²) in [6.45, 7) is 0.469. The average molecular weight is 287 g/mol. The van der Waals surface area contributed by atoms with Crippen LogP contribution >= 0.6 is 0 Å². The number of hydrogen-bond acceptors (Lipinski definition) is 5. The summed E-state index contributed by atoms with van der Waals surface area (Å²) in [6.07, 6.45) is 4.75. The lowest BCUT2D eigenvalue weighted by atomic mass is 10.2. The van der Waals surface area contributed by atoms with E-state index in [1.165, 1.54) is 0 Å². The van der Waals surface area contributed by atoms with Crippen molar-refractivity contribution in [2.24, 2.45) is 7.05 Å². The lowest BCUT2D eigenvalue weighted by Crippen LogP contribution is -2.30. The molecular formula is C14H17N5O2. The molecule has 7 nitrogen and oxygen atoms in total. The topological polar surface area (TPSA) is 69.1 Å². The molecule has 0 aromatic carbocycles. The van der Waals surface area contributed by atoms with Gasteiger partial charge in [-0.3, -0.25) is 18.9 Å². The standard InChI is InChI=1S/C14H17N5O2/c1-17(2)11(12-5-4-6-21-12)8-19-9-15-13-10(14(19)20)7-16-18(13)3/h4-7,9,11H,8H2,1-3H3/t11-/m1/s1. The first-order valence-electron chi connectivity index (χ1n) is 6.65. The zero-order valence-corrected chi connectivity index (χ0v) is 12.2. The molecule has 3 aromatic rings. The van der Waals surface area contributed by atoms with Crippen LogP contribution in [0.2, 0.25) is 0 Å². The lowest BCUT2D eigenvalue weighted by molar-refractivity contribution is 0.230. The molecule has 3 rings (SSSR count). The number of nitrogens with zero attached hydrogens (tertiary/aromatic N) is 5. The zero-order valence-electron chi connectivity index (χ0n) is 12.2. The largest absolute Gasteiger partial charge is 0.468 e. The van der Waals surface area contributed by atoms with E-state index in [1.807, 2.05) is 31.1 Å². The molecule has 110 valence electrons. The van der Waals surface area contributed by atoms with Gasteiger partial charge >= 0.3 is 0 Å². The Balaban J connectivity index is 2.00. The third kappa shape index (κ3) is 2.36. The molecule has 0 unspecified atom stereocenters. The highest BCUT2D eigenvalue weighted by Gasteiger charge is 2.19. The van der Waals surface area contributed by atoms with E-state index >= 15 is 0 Å². The van der Waals surface area contributed by atoms with Gasteiger partial charge in [-0.15, -0.1) is 0 Å². The van der Waals surface area contributed by atoms with Crippen molar-refractivity contribution in [1.82, 2.24) is 24.2 Å². The van der Waals surface area contributed by atoms with Crippen molar-refractivity contribution in [3.63, 3.8) is 0 Å². The number of aryl methyl sites for hydroxylation is 1. The average Bonchev–Trinajstić information content (AvgIpc) is 3.08. The van der Waals surface area contributed by atoms with E-state index in [-0.39, 0.29) is 11.6 Å². The van der Waals surface area contributed by atoms with E-state index in [0.29, 0.717) is 17.6 Å². The van der Waals surface area contributed by atoms with Gasteiger partial charge in [-0.2, -0.15) is 5.10 Å². The Hall–Kier alpha value is -2.41. The number of hydrogen-bond donors (Lipinski definition) is 0. The predicted octanol–water partition coefficient (Wildman–Crippen LogP) is 1.03. The Kier molecular flexibility index (Phi) is 3.34. The quantitative estimate of drug-likeness (QED) is 0.716. The van der Waals surface area contributed by atoms with E-state index < -0.39 is 0 Å². The Morgan fingerprint density at radius 2 is 2.24 bits per heavy atom. The van der Waals surface area contributed by atoms with Gasteiger partial charge in [-0.1, -0.05) is 0 Å². The molecule has 0 saturated heterocycles. The van der Waals surface area contributed by atoms with Crippen molar-refractivity contribution in [3.05, 3.63) is 47.0 Å². The van der Waals surface area contributed by atoms with Gasteiger partial charge in [0.2, 0.25) is 0 Å². The van der Waals surface area contributed by atoms with E-state index in [2.05, 4.69) is 10.1 Å². The normalized spacial score (nSPS) is 13.1. The Morgan fingerprint density at radius 1 is 1.43 bits per heavy atom. The first kappa shape index (κ1) is 13.6. The second-order valence-corrected chi connectivity index (χ2v) is 5.20. The van der Waals surface area contributed by atoms with Crippen molar-refractivity contribution in [1.29, 1.82) is 0 Å². The summed E-state index contributed by atoms with van der Waals surface area (Å²) < 4.78 is 8.66. The molecule has 0 aliphatic rings. The van der Waals surface area contributed by atoms with Gasteiger partial charge in [0.15, 0.2) is 5.65 Å². The summed E-state index contributed by atoms with van der Waals surface area (Å²) in [5.74, 6) is 0.818. The fraction of sp³-hybridized carbons (Fsp3) is 0.357. The highest BCUT2D eigenvalue weighted by atomic mass is 16.3. The summed E-state index contributed by atoms with van der Waals surface area (Å²) in [5, 5.41) is 4.60. The third-order valence-electron chi connectivity index (χ3n) is 3.58. The molecule has 0 amide bonds. The van der Waals surface area contributed by atoms with Gasteiger partial charge in [-0.05, 0) is 26.2 Å². The van der Waals surface area contributed by atoms with Crippen LogP contribution in [0.15, 0.2) is 40.1 Å². The number of rotatable bonds is 4. The minimum Gasteiger partial charge on any atom is -0.468 e. The minimum absolute atomic E-state index is 0.0337. The van der Waals surface area contributed by atoms with E-state index in [0.717, 1.165) is 5.76 Å². The third-order valence-corrected chi connectivity index (χ3v) is 3.58. The molecule has 3 aromatic heterocycles. The first-order valence-corrected chi connectivity index (χ1v) is 6.65. The van der Waals surface area contributed by atoms with Crippen molar-refractivity contribution in [2.75, 3.05) is 14.1 Å². The van der Waals surface area contributed by atoms with Crippen LogP contribution in [0.3, 0.4) is 0 Å². The van der Waals surface area contributed by atoms with Crippen LogP contribution in [0, 0.1) is 0 Å². The first-order chi connectivity index (χ1) is 10.1. The van der Waals surface area contributed by atoms with Crippen LogP contribution in [0.1, 0.15) is 11.8 Å². The maximum atomic E-state index is 12.5. The number of fused-ring (bicyclic) bond motifs is 1. The molecule has 1 atom stereocenters. The van der Waals surface area contributed by atoms with E-state index in [4.69, 9.17) is 4.42 Å². The molecule has 0 aliphatic carbocycles. The predicted molar refractivity (Wildman–Crippen MR) is 77.9 cm³/mol. The van der Waals surface area contributed by atoms with Crippen LogP contribution in [-0.4, -0.2) is 38.3 Å². The number of furan rings is 1. The summed E-state index contributed by atoms with van der Waals surface area (Å²) in [5.41, 5.74) is 0.502. The van der Waals surface area contributed by atoms with Crippen molar-refractivity contribution in [2.45, 2.75) is 12.6 Å². The summed E-state index contributed by atoms with van der Waals surface area (Å²) in [6, 6.07) is 3.72. The lowest BCUT2D eigenvalue weighted by Gasteiger charge is -2.22. The molecule has 0 saturated carbocycles. The van der Waals surface area contributed by atoms with Gasteiger partial charge in [0.05, 0.1) is 18.5 Å². The molecule has 0 radical (unpaired) electrons. The van der Waals surface area contributed by atoms with Crippen LogP contribution in [0.4, 0.5) is 0 Å². The van der Waals surface area contributed by atoms with Gasteiger partial charge in [-0.25, -0.2) is 4.98 Å². The van der Waals surface area contributed by atoms with Gasteiger partial charge in [0.25, 0.3) is 5.56 Å². The number of aromatic nitrogens is 4. The van der Waals surface area contributed by atoms with E-state index in [9.17, 15) is 4.79 Å². The van der Waals surface area contributed by atoms with Crippen LogP contribution in [0.25, 0.3) is 11.0 Å². The smallest absolute Gasteiger partial charge is 0.264 e. The monoisotopic (exact) mass is 287 g/mol. The summed E-state index contributed by atoms with van der Waals surface area (Å²) in [7, 11) is 5.67. The molecule has 0 bridgehead atoms. The maximum Gasteiger partial charge on any atom is 0.264 e. The Morgan fingerprint density at radius 3 is 2.90 bits per heavy atom. The van der Waals surface area contributed by atoms with Crippen molar-refractivity contribution >= 4 is 11.0 Å². The Bertz CT molecular complexity index is 800. The summed E-state index contributed by atoms with van der Waals surface area (Å²) >= 11 is 0. The van der Waals surface area contributed by atoms with Crippen LogP contribution < -0.4 is 5.56 Å². The molecule has 21 heavy (non-hydrogen) atoms. The number of likely N-dealkylation sites (N-methyl/N-ethyl adjacent to an activating group) is 1. The SMILES string of the molecule is CN(C)[C@H](Cn1cnc2c(cnn2C)c1=O)c1ccco1. The summed E-state index contributed by atoms with van der Waals surface area (Å²) in [4.78, 5) is 18.8. The van der Waals surface area contributed by atoms with Gasteiger partial charge < -0.3 is 4.42 Å². The highest BCUT2D eigenvalue weighted by Crippen LogP contribution is 2.20. The van der Waals surface area contributed by atoms with Crippen LogP contribution in [0.5, 0.6) is 0 Å². The Labute approximate surface area is 121 Å². The maximum absolute atomic E-state index is 12.5. The van der Waals surface area contributed by atoms with Gasteiger partial charge in [0.1, 0.15) is 17.5 Å². The molecular weight excluding hydrogens is 270 g/mol. The molecule has 7 heteroatoms. The fourth-order valence-corrected chi connectivity index (χ4v) is 2.37.